The molecule has 1 amide bonds. The molecular weight excluding hydrogens is 252 g/mol. The Morgan fingerprint density at radius 3 is 2.70 bits per heavy atom. The van der Waals surface area contributed by atoms with Gasteiger partial charge in [0.05, 0.1) is 5.69 Å². The van der Waals surface area contributed by atoms with Gasteiger partial charge < -0.3 is 10.6 Å². The number of carbonyl (C=O) groups excluding carboxylic acids is 1. The molecule has 0 spiro atoms. The Hall–Kier alpha value is -1.36. The van der Waals surface area contributed by atoms with Gasteiger partial charge in [0.25, 0.3) is 0 Å². The first-order valence-electron chi connectivity index (χ1n) is 7.53. The van der Waals surface area contributed by atoms with Crippen molar-refractivity contribution >= 4 is 5.91 Å². The molecule has 1 aliphatic carbocycles. The van der Waals surface area contributed by atoms with Gasteiger partial charge in [0.15, 0.2) is 0 Å². The van der Waals surface area contributed by atoms with E-state index in [1.54, 1.807) is 0 Å². The molecule has 0 bridgehead atoms. The summed E-state index contributed by atoms with van der Waals surface area (Å²) >= 11 is 0. The van der Waals surface area contributed by atoms with Gasteiger partial charge in [-0.25, -0.2) is 0 Å². The number of aryl methyl sites for hydroxylation is 2. The fourth-order valence-electron chi connectivity index (χ4n) is 2.25. The second kappa shape index (κ2) is 6.39. The summed E-state index contributed by atoms with van der Waals surface area (Å²) in [6.07, 6.45) is 2.78. The molecule has 1 saturated carbocycles. The van der Waals surface area contributed by atoms with E-state index in [4.69, 9.17) is 0 Å². The van der Waals surface area contributed by atoms with E-state index < -0.39 is 0 Å². The van der Waals surface area contributed by atoms with Crippen molar-refractivity contribution in [2.75, 3.05) is 0 Å². The average molecular weight is 278 g/mol. The predicted molar refractivity (Wildman–Crippen MR) is 79.5 cm³/mol. The fraction of sp³-hybridized carbons (Fsp3) is 0.733. The van der Waals surface area contributed by atoms with Gasteiger partial charge in [-0.1, -0.05) is 13.8 Å². The number of nitrogens with zero attached hydrogens (tertiary/aromatic N) is 2. The highest BCUT2D eigenvalue weighted by Gasteiger charge is 2.23. The van der Waals surface area contributed by atoms with Crippen molar-refractivity contribution in [2.24, 2.45) is 0 Å². The lowest BCUT2D eigenvalue weighted by Gasteiger charge is -2.09. The van der Waals surface area contributed by atoms with E-state index in [2.05, 4.69) is 36.5 Å². The Balaban J connectivity index is 1.90. The van der Waals surface area contributed by atoms with Crippen LogP contribution >= 0.6 is 0 Å². The van der Waals surface area contributed by atoms with Gasteiger partial charge in [-0.3, -0.25) is 9.48 Å². The quantitative estimate of drug-likeness (QED) is 0.797. The predicted octanol–water partition coefficient (Wildman–Crippen LogP) is 1.67. The van der Waals surface area contributed by atoms with Gasteiger partial charge >= 0.3 is 0 Å². The Morgan fingerprint density at radius 2 is 2.10 bits per heavy atom. The van der Waals surface area contributed by atoms with E-state index in [0.717, 1.165) is 30.8 Å². The molecule has 1 aromatic heterocycles. The molecule has 0 aliphatic heterocycles. The SMILES string of the molecule is Cc1nn(CCC(=O)NC2CC2)c(C)c1CNC(C)C. The highest BCUT2D eigenvalue weighted by molar-refractivity contribution is 5.76. The van der Waals surface area contributed by atoms with Crippen LogP contribution in [-0.4, -0.2) is 27.8 Å². The minimum Gasteiger partial charge on any atom is -0.353 e. The molecule has 0 unspecified atom stereocenters. The van der Waals surface area contributed by atoms with Crippen LogP contribution in [-0.2, 0) is 17.9 Å². The van der Waals surface area contributed by atoms with Gasteiger partial charge in [0.2, 0.25) is 5.91 Å². The van der Waals surface area contributed by atoms with Gasteiger partial charge in [0.1, 0.15) is 0 Å². The Bertz CT molecular complexity index is 474. The molecule has 20 heavy (non-hydrogen) atoms. The fourth-order valence-corrected chi connectivity index (χ4v) is 2.25. The Kier molecular flexibility index (Phi) is 4.81. The van der Waals surface area contributed by atoms with E-state index in [0.29, 0.717) is 25.0 Å². The summed E-state index contributed by atoms with van der Waals surface area (Å²) in [6.45, 7) is 9.88. The van der Waals surface area contributed by atoms with Crippen molar-refractivity contribution in [1.29, 1.82) is 0 Å². The lowest BCUT2D eigenvalue weighted by atomic mass is 10.2. The number of aromatic nitrogens is 2. The number of rotatable bonds is 7. The summed E-state index contributed by atoms with van der Waals surface area (Å²) < 4.78 is 1.96. The van der Waals surface area contributed by atoms with E-state index in [-0.39, 0.29) is 5.91 Å². The molecule has 1 fully saturated rings. The number of hydrogen-bond acceptors (Lipinski definition) is 3. The van der Waals surface area contributed by atoms with Crippen LogP contribution in [0.15, 0.2) is 0 Å². The minimum absolute atomic E-state index is 0.141. The maximum atomic E-state index is 11.7. The van der Waals surface area contributed by atoms with Crippen LogP contribution < -0.4 is 10.6 Å². The van der Waals surface area contributed by atoms with Gasteiger partial charge in [0, 0.05) is 42.9 Å². The molecule has 5 heteroatoms. The van der Waals surface area contributed by atoms with Gasteiger partial charge in [-0.15, -0.1) is 0 Å². The molecule has 0 saturated heterocycles. The molecular formula is C15H26N4O. The third-order valence-corrected chi connectivity index (χ3v) is 3.71. The molecule has 0 radical (unpaired) electrons. The van der Waals surface area contributed by atoms with E-state index in [9.17, 15) is 4.79 Å². The lowest BCUT2D eigenvalue weighted by molar-refractivity contribution is -0.121. The standard InChI is InChI=1S/C15H26N4O/c1-10(2)16-9-14-11(3)18-19(12(14)4)8-7-15(20)17-13-5-6-13/h10,13,16H,5-9H2,1-4H3,(H,17,20). The second-order valence-corrected chi connectivity index (χ2v) is 6.00. The smallest absolute Gasteiger partial charge is 0.222 e. The summed E-state index contributed by atoms with van der Waals surface area (Å²) in [7, 11) is 0. The number of nitrogens with one attached hydrogen (secondary N) is 2. The highest BCUT2D eigenvalue weighted by atomic mass is 16.1. The summed E-state index contributed by atoms with van der Waals surface area (Å²) in [5.74, 6) is 0.141. The van der Waals surface area contributed by atoms with Gasteiger partial charge in [-0.05, 0) is 26.7 Å². The lowest BCUT2D eigenvalue weighted by Crippen LogP contribution is -2.26. The molecule has 1 aliphatic rings. The Morgan fingerprint density at radius 1 is 1.40 bits per heavy atom. The highest BCUT2D eigenvalue weighted by Crippen LogP contribution is 2.19. The zero-order chi connectivity index (χ0) is 14.7. The van der Waals surface area contributed by atoms with Gasteiger partial charge in [-0.2, -0.15) is 5.10 Å². The van der Waals surface area contributed by atoms with Crippen LogP contribution in [0.2, 0.25) is 0 Å². The summed E-state index contributed by atoms with van der Waals surface area (Å²) in [5, 5.41) is 11.0. The maximum Gasteiger partial charge on any atom is 0.222 e. The number of hydrogen-bond donors (Lipinski definition) is 2. The summed E-state index contributed by atoms with van der Waals surface area (Å²) in [5.41, 5.74) is 3.47. The topological polar surface area (TPSA) is 59.0 Å². The molecule has 1 heterocycles. The van der Waals surface area contributed by atoms with E-state index in [1.165, 1.54) is 5.56 Å². The largest absolute Gasteiger partial charge is 0.353 e. The summed E-state index contributed by atoms with van der Waals surface area (Å²) in [4.78, 5) is 11.7. The van der Waals surface area contributed by atoms with Crippen molar-refractivity contribution < 1.29 is 4.79 Å². The van der Waals surface area contributed by atoms with E-state index in [1.807, 2.05) is 11.6 Å². The van der Waals surface area contributed by atoms with Crippen LogP contribution in [0.1, 0.15) is 50.1 Å². The maximum absolute atomic E-state index is 11.7. The molecule has 2 N–H and O–H groups in total. The zero-order valence-electron chi connectivity index (χ0n) is 13.0. The third-order valence-electron chi connectivity index (χ3n) is 3.71. The first-order chi connectivity index (χ1) is 9.47. The molecule has 0 atom stereocenters. The van der Waals surface area contributed by atoms with E-state index >= 15 is 0 Å². The van der Waals surface area contributed by atoms with Crippen LogP contribution in [0.25, 0.3) is 0 Å². The molecule has 0 aromatic carbocycles. The van der Waals surface area contributed by atoms with Crippen LogP contribution in [0.5, 0.6) is 0 Å². The van der Waals surface area contributed by atoms with Crippen molar-refractivity contribution in [3.05, 3.63) is 17.0 Å². The van der Waals surface area contributed by atoms with Crippen LogP contribution in [0.4, 0.5) is 0 Å². The average Bonchev–Trinajstić information content (AvgIpc) is 3.13. The monoisotopic (exact) mass is 278 g/mol. The number of carbonyl (C=O) groups is 1. The van der Waals surface area contributed by atoms with Crippen molar-refractivity contribution in [2.45, 2.75) is 72.1 Å². The minimum atomic E-state index is 0.141. The normalized spacial score (nSPS) is 14.8. The first-order valence-corrected chi connectivity index (χ1v) is 7.53. The second-order valence-electron chi connectivity index (χ2n) is 6.00. The molecule has 5 nitrogen and oxygen atoms in total. The Labute approximate surface area is 121 Å². The van der Waals surface area contributed by atoms with Crippen molar-refractivity contribution in [3.63, 3.8) is 0 Å². The van der Waals surface area contributed by atoms with Crippen LogP contribution in [0.3, 0.4) is 0 Å². The first kappa shape index (κ1) is 15.0. The van der Waals surface area contributed by atoms with Crippen molar-refractivity contribution in [3.8, 4) is 0 Å². The summed E-state index contributed by atoms with van der Waals surface area (Å²) in [6, 6.07) is 0.898. The third kappa shape index (κ3) is 4.07. The van der Waals surface area contributed by atoms with Crippen molar-refractivity contribution in [1.82, 2.24) is 20.4 Å². The number of amides is 1. The van der Waals surface area contributed by atoms with Crippen LogP contribution in [0, 0.1) is 13.8 Å². The molecule has 112 valence electrons. The zero-order valence-corrected chi connectivity index (χ0v) is 13.0. The molecule has 1 aromatic rings. The molecule has 2 rings (SSSR count).